The Balaban J connectivity index is 2.55. The van der Waals surface area contributed by atoms with E-state index in [2.05, 4.69) is 5.92 Å². The fraction of sp³-hybridized carbons (Fsp3) is 0.700. The summed E-state index contributed by atoms with van der Waals surface area (Å²) in [5.41, 5.74) is 0. The van der Waals surface area contributed by atoms with Gasteiger partial charge in [0.05, 0.1) is 0 Å². The Morgan fingerprint density at radius 3 is 3.00 bits per heavy atom. The zero-order chi connectivity index (χ0) is 9.68. The van der Waals surface area contributed by atoms with Gasteiger partial charge in [0, 0.05) is 13.5 Å². The summed E-state index contributed by atoms with van der Waals surface area (Å²) in [6.45, 7) is 2.05. The molecule has 0 spiro atoms. The smallest absolute Gasteiger partial charge is 0.303 e. The molecule has 0 saturated carbocycles. The molecule has 1 fully saturated rings. The van der Waals surface area contributed by atoms with Gasteiger partial charge < -0.3 is 9.47 Å². The van der Waals surface area contributed by atoms with Crippen molar-refractivity contribution in [3.63, 3.8) is 0 Å². The average Bonchev–Trinajstić information content (AvgIpc) is 2.28. The first-order valence-corrected chi connectivity index (χ1v) is 4.49. The van der Waals surface area contributed by atoms with Gasteiger partial charge in [0.15, 0.2) is 6.10 Å². The molecule has 0 aromatic heterocycles. The molecule has 0 aliphatic carbocycles. The predicted molar refractivity (Wildman–Crippen MR) is 48.0 cm³/mol. The van der Waals surface area contributed by atoms with Gasteiger partial charge in [0.1, 0.15) is 6.10 Å². The number of ether oxygens (including phenoxy) is 2. The van der Waals surface area contributed by atoms with Crippen LogP contribution in [-0.4, -0.2) is 24.8 Å². The number of carbonyl (C=O) groups is 1. The maximum absolute atomic E-state index is 10.7. The van der Waals surface area contributed by atoms with Gasteiger partial charge in [-0.15, -0.1) is 6.42 Å². The Hall–Kier alpha value is -1.01. The summed E-state index contributed by atoms with van der Waals surface area (Å²) >= 11 is 0. The zero-order valence-electron chi connectivity index (χ0n) is 7.79. The zero-order valence-corrected chi connectivity index (χ0v) is 7.79. The Morgan fingerprint density at radius 2 is 2.38 bits per heavy atom. The third-order valence-electron chi connectivity index (χ3n) is 2.00. The third kappa shape index (κ3) is 3.08. The van der Waals surface area contributed by atoms with Crippen molar-refractivity contribution < 1.29 is 14.3 Å². The van der Waals surface area contributed by atoms with E-state index in [0.717, 1.165) is 19.3 Å². The molecule has 0 N–H and O–H groups in total. The molecule has 1 aliphatic rings. The van der Waals surface area contributed by atoms with Gasteiger partial charge in [0.2, 0.25) is 0 Å². The number of hydrogen-bond donors (Lipinski definition) is 0. The molecule has 1 aliphatic heterocycles. The summed E-state index contributed by atoms with van der Waals surface area (Å²) in [6, 6.07) is 0. The molecule has 0 aromatic carbocycles. The van der Waals surface area contributed by atoms with Crippen molar-refractivity contribution in [2.45, 2.75) is 38.4 Å². The van der Waals surface area contributed by atoms with Crippen molar-refractivity contribution in [3.8, 4) is 12.3 Å². The minimum Gasteiger partial charge on any atom is -0.459 e. The molecule has 0 amide bonds. The number of carbonyl (C=O) groups excluding carboxylic acids is 1. The van der Waals surface area contributed by atoms with E-state index in [1.54, 1.807) is 0 Å². The molecule has 0 bridgehead atoms. The quantitative estimate of drug-likeness (QED) is 0.450. The number of terminal acetylenes is 1. The second kappa shape index (κ2) is 4.88. The van der Waals surface area contributed by atoms with E-state index < -0.39 is 0 Å². The van der Waals surface area contributed by atoms with Crippen LogP contribution in [0.25, 0.3) is 0 Å². The second-order valence-electron chi connectivity index (χ2n) is 3.10. The molecular weight excluding hydrogens is 168 g/mol. The molecule has 1 heterocycles. The first-order chi connectivity index (χ1) is 6.24. The molecule has 0 radical (unpaired) electrons. The summed E-state index contributed by atoms with van der Waals surface area (Å²) in [4.78, 5) is 10.7. The Morgan fingerprint density at radius 1 is 1.62 bits per heavy atom. The van der Waals surface area contributed by atoms with E-state index in [1.807, 2.05) is 0 Å². The molecule has 0 unspecified atom stereocenters. The summed E-state index contributed by atoms with van der Waals surface area (Å²) < 4.78 is 10.4. The van der Waals surface area contributed by atoms with Gasteiger partial charge in [-0.25, -0.2) is 0 Å². The average molecular weight is 182 g/mol. The molecule has 0 aromatic rings. The van der Waals surface area contributed by atoms with Crippen LogP contribution in [0.5, 0.6) is 0 Å². The molecule has 1 rings (SSSR count). The van der Waals surface area contributed by atoms with Crippen LogP contribution < -0.4 is 0 Å². The van der Waals surface area contributed by atoms with Gasteiger partial charge >= 0.3 is 5.97 Å². The molecule has 1 saturated heterocycles. The van der Waals surface area contributed by atoms with Crippen LogP contribution in [0.1, 0.15) is 26.2 Å². The minimum atomic E-state index is -0.369. The highest BCUT2D eigenvalue weighted by molar-refractivity contribution is 5.66. The van der Waals surface area contributed by atoms with Crippen LogP contribution in [-0.2, 0) is 14.3 Å². The first-order valence-electron chi connectivity index (χ1n) is 4.49. The molecule has 2 atom stereocenters. The predicted octanol–water partition coefficient (Wildman–Crippen LogP) is 1.12. The summed E-state index contributed by atoms with van der Waals surface area (Å²) in [7, 11) is 0. The van der Waals surface area contributed by atoms with E-state index >= 15 is 0 Å². The maximum Gasteiger partial charge on any atom is 0.303 e. The van der Waals surface area contributed by atoms with E-state index in [-0.39, 0.29) is 18.2 Å². The Bertz CT molecular complexity index is 217. The molecule has 72 valence electrons. The lowest BCUT2D eigenvalue weighted by Crippen LogP contribution is -2.30. The number of esters is 1. The van der Waals surface area contributed by atoms with Crippen LogP contribution in [0.2, 0.25) is 0 Å². The van der Waals surface area contributed by atoms with Crippen LogP contribution in [0, 0.1) is 12.3 Å². The number of rotatable bonds is 1. The molecule has 13 heavy (non-hydrogen) atoms. The topological polar surface area (TPSA) is 35.5 Å². The molecular formula is C10H14O3. The lowest BCUT2D eigenvalue weighted by Gasteiger charge is -2.19. The standard InChI is InChI=1S/C10H14O3/c1-3-9-10(13-8(2)11)6-4-5-7-12-9/h1,9-10H,4-7H2,2H3/t9-,10+/m1/s1. The lowest BCUT2D eigenvalue weighted by molar-refractivity contribution is -0.151. The summed E-state index contributed by atoms with van der Waals surface area (Å²) in [6.07, 6.45) is 7.42. The van der Waals surface area contributed by atoms with E-state index in [9.17, 15) is 4.79 Å². The van der Waals surface area contributed by atoms with Crippen LogP contribution in [0.3, 0.4) is 0 Å². The van der Waals surface area contributed by atoms with Crippen LogP contribution in [0.15, 0.2) is 0 Å². The van der Waals surface area contributed by atoms with Crippen molar-refractivity contribution in [1.82, 2.24) is 0 Å². The maximum atomic E-state index is 10.7. The van der Waals surface area contributed by atoms with E-state index in [4.69, 9.17) is 15.9 Å². The van der Waals surface area contributed by atoms with Gasteiger partial charge in [-0.05, 0) is 19.3 Å². The van der Waals surface area contributed by atoms with Crippen molar-refractivity contribution in [3.05, 3.63) is 0 Å². The van der Waals surface area contributed by atoms with Crippen molar-refractivity contribution >= 4 is 5.97 Å². The highest BCUT2D eigenvalue weighted by Crippen LogP contribution is 2.16. The van der Waals surface area contributed by atoms with Crippen molar-refractivity contribution in [1.29, 1.82) is 0 Å². The third-order valence-corrected chi connectivity index (χ3v) is 2.00. The van der Waals surface area contributed by atoms with Crippen LogP contribution >= 0.6 is 0 Å². The fourth-order valence-corrected chi connectivity index (χ4v) is 1.41. The van der Waals surface area contributed by atoms with E-state index in [0.29, 0.717) is 6.61 Å². The second-order valence-corrected chi connectivity index (χ2v) is 3.10. The van der Waals surface area contributed by atoms with Gasteiger partial charge in [-0.3, -0.25) is 4.79 Å². The van der Waals surface area contributed by atoms with Gasteiger partial charge in [-0.1, -0.05) is 5.92 Å². The van der Waals surface area contributed by atoms with Crippen LogP contribution in [0.4, 0.5) is 0 Å². The lowest BCUT2D eigenvalue weighted by atomic mass is 10.1. The first kappa shape index (κ1) is 10.1. The minimum absolute atomic E-state index is 0.259. The highest BCUT2D eigenvalue weighted by Gasteiger charge is 2.24. The normalized spacial score (nSPS) is 28.6. The Kier molecular flexibility index (Phi) is 3.78. The summed E-state index contributed by atoms with van der Waals surface area (Å²) in [5.74, 6) is 2.20. The van der Waals surface area contributed by atoms with Gasteiger partial charge in [0.25, 0.3) is 0 Å². The summed E-state index contributed by atoms with van der Waals surface area (Å²) in [5, 5.41) is 0. The van der Waals surface area contributed by atoms with E-state index in [1.165, 1.54) is 6.92 Å². The monoisotopic (exact) mass is 182 g/mol. The fourth-order valence-electron chi connectivity index (χ4n) is 1.41. The molecule has 3 nitrogen and oxygen atoms in total. The highest BCUT2D eigenvalue weighted by atomic mass is 16.6. The number of hydrogen-bond acceptors (Lipinski definition) is 3. The van der Waals surface area contributed by atoms with Crippen molar-refractivity contribution in [2.75, 3.05) is 6.61 Å². The largest absolute Gasteiger partial charge is 0.459 e. The molecule has 3 heteroatoms. The van der Waals surface area contributed by atoms with Gasteiger partial charge in [-0.2, -0.15) is 0 Å². The SMILES string of the molecule is C#C[C@H]1OCCCC[C@@H]1OC(C)=O. The van der Waals surface area contributed by atoms with Crippen molar-refractivity contribution in [2.24, 2.45) is 0 Å². The Labute approximate surface area is 78.4 Å².